The molecule has 0 radical (unpaired) electrons. The van der Waals surface area contributed by atoms with Crippen LogP contribution in [0.2, 0.25) is 0 Å². The Morgan fingerprint density at radius 3 is 1.25 bits per heavy atom. The number of rotatable bonds is 1. The lowest BCUT2D eigenvalue weighted by Crippen LogP contribution is -2.52. The molecule has 3 rings (SSSR count). The smallest absolute Gasteiger partial charge is 0.0126 e. The molecule has 0 bridgehead atoms. The number of likely N-dealkylation sites (N-methyl/N-ethyl adjacent to an activating group) is 2. The number of hydrogen-bond acceptors (Lipinski definition) is 5. The van der Waals surface area contributed by atoms with Crippen molar-refractivity contribution >= 4 is 0 Å². The Morgan fingerprint density at radius 2 is 0.875 bits per heavy atom. The maximum absolute atomic E-state index is 2.58. The van der Waals surface area contributed by atoms with Crippen LogP contribution in [0.5, 0.6) is 0 Å². The summed E-state index contributed by atoms with van der Waals surface area (Å²) in [6, 6.07) is 0.769. The minimum atomic E-state index is 0.352. The van der Waals surface area contributed by atoms with E-state index in [9.17, 15) is 0 Å². The quantitative estimate of drug-likeness (QED) is 0.585. The average molecular weight is 454 g/mol. The molecule has 0 aromatic heterocycles. The first kappa shape index (κ1) is 29.8. The summed E-state index contributed by atoms with van der Waals surface area (Å²) < 4.78 is 0. The standard InChI is InChI=1S/C10H22N2.C9H20N2.C8H17N/c1-10(2,3)12-7-5-6-11(4)8-9-12;1-9(2,3)11-7-5-10(4)6-8-11;1-8(2)9-6-4-3-5-7-9/h5-9H2,1-4H3;5-8H2,1-4H3;8H,3-7H2,1-2H3. The normalized spacial score (nSPS) is 23.7. The molecule has 0 N–H and O–H groups in total. The second kappa shape index (κ2) is 14.3. The van der Waals surface area contributed by atoms with Crippen molar-refractivity contribution in [3.05, 3.63) is 0 Å². The molecule has 192 valence electrons. The van der Waals surface area contributed by atoms with E-state index in [1.165, 1.54) is 91.1 Å². The predicted molar refractivity (Wildman–Crippen MR) is 143 cm³/mol. The summed E-state index contributed by atoms with van der Waals surface area (Å²) in [5.41, 5.74) is 0.715. The fourth-order valence-corrected chi connectivity index (χ4v) is 4.63. The van der Waals surface area contributed by atoms with Gasteiger partial charge in [0.05, 0.1) is 0 Å². The molecule has 0 spiro atoms. The number of nitrogens with zero attached hydrogens (tertiary/aromatic N) is 5. The van der Waals surface area contributed by atoms with Crippen LogP contribution in [0.25, 0.3) is 0 Å². The van der Waals surface area contributed by atoms with Crippen LogP contribution in [0.15, 0.2) is 0 Å². The molecule has 3 heterocycles. The Morgan fingerprint density at radius 1 is 0.469 bits per heavy atom. The molecule has 0 amide bonds. The van der Waals surface area contributed by atoms with Gasteiger partial charge in [-0.15, -0.1) is 0 Å². The van der Waals surface area contributed by atoms with Crippen molar-refractivity contribution in [3.63, 3.8) is 0 Å². The lowest BCUT2D eigenvalue weighted by atomic mass is 10.1. The van der Waals surface area contributed by atoms with Crippen molar-refractivity contribution in [1.29, 1.82) is 0 Å². The lowest BCUT2D eigenvalue weighted by Gasteiger charge is -2.41. The second-order valence-corrected chi connectivity index (χ2v) is 12.5. The maximum Gasteiger partial charge on any atom is 0.0126 e. The van der Waals surface area contributed by atoms with E-state index >= 15 is 0 Å². The lowest BCUT2D eigenvalue weighted by molar-refractivity contribution is 0.0735. The highest BCUT2D eigenvalue weighted by atomic mass is 15.3. The van der Waals surface area contributed by atoms with E-state index in [1.807, 2.05) is 0 Å². The van der Waals surface area contributed by atoms with Crippen molar-refractivity contribution in [1.82, 2.24) is 24.5 Å². The number of likely N-dealkylation sites (tertiary alicyclic amines) is 1. The van der Waals surface area contributed by atoms with Gasteiger partial charge in [-0.25, -0.2) is 0 Å². The molecule has 3 fully saturated rings. The largest absolute Gasteiger partial charge is 0.305 e. The van der Waals surface area contributed by atoms with E-state index < -0.39 is 0 Å². The molecular weight excluding hydrogens is 394 g/mol. The van der Waals surface area contributed by atoms with Crippen molar-refractivity contribution in [2.24, 2.45) is 0 Å². The summed E-state index contributed by atoms with van der Waals surface area (Å²) in [5, 5.41) is 0. The van der Waals surface area contributed by atoms with Crippen molar-refractivity contribution in [3.8, 4) is 0 Å². The van der Waals surface area contributed by atoms with Crippen LogP contribution in [0.4, 0.5) is 0 Å². The first-order chi connectivity index (χ1) is 14.8. The van der Waals surface area contributed by atoms with Gasteiger partial charge in [0, 0.05) is 56.4 Å². The zero-order valence-electron chi connectivity index (χ0n) is 23.7. The number of hydrogen-bond donors (Lipinski definition) is 0. The summed E-state index contributed by atoms with van der Waals surface area (Å²) in [5.74, 6) is 0. The van der Waals surface area contributed by atoms with Crippen LogP contribution in [-0.2, 0) is 0 Å². The monoisotopic (exact) mass is 453 g/mol. The van der Waals surface area contributed by atoms with Gasteiger partial charge < -0.3 is 14.7 Å². The van der Waals surface area contributed by atoms with E-state index in [4.69, 9.17) is 0 Å². The summed E-state index contributed by atoms with van der Waals surface area (Å²) >= 11 is 0. The molecule has 32 heavy (non-hydrogen) atoms. The molecule has 3 aliphatic rings. The second-order valence-electron chi connectivity index (χ2n) is 12.5. The molecule has 5 heteroatoms. The fourth-order valence-electron chi connectivity index (χ4n) is 4.63. The van der Waals surface area contributed by atoms with Gasteiger partial charge in [0.15, 0.2) is 0 Å². The first-order valence-corrected chi connectivity index (χ1v) is 13.4. The van der Waals surface area contributed by atoms with Gasteiger partial charge in [-0.1, -0.05) is 6.42 Å². The zero-order valence-corrected chi connectivity index (χ0v) is 23.7. The number of piperidine rings is 1. The molecule has 0 aromatic carbocycles. The highest BCUT2D eigenvalue weighted by Gasteiger charge is 2.24. The van der Waals surface area contributed by atoms with Crippen LogP contribution in [0.3, 0.4) is 0 Å². The van der Waals surface area contributed by atoms with Crippen LogP contribution >= 0.6 is 0 Å². The predicted octanol–water partition coefficient (Wildman–Crippen LogP) is 4.34. The van der Waals surface area contributed by atoms with Crippen LogP contribution in [0, 0.1) is 0 Å². The van der Waals surface area contributed by atoms with Crippen molar-refractivity contribution < 1.29 is 0 Å². The van der Waals surface area contributed by atoms with Gasteiger partial charge in [0.25, 0.3) is 0 Å². The third kappa shape index (κ3) is 12.3. The number of piperazine rings is 1. The topological polar surface area (TPSA) is 16.2 Å². The Balaban J connectivity index is 0.000000242. The highest BCUT2D eigenvalue weighted by molar-refractivity contribution is 4.81. The van der Waals surface area contributed by atoms with Crippen LogP contribution < -0.4 is 0 Å². The van der Waals surface area contributed by atoms with Crippen LogP contribution in [0.1, 0.15) is 81.1 Å². The third-order valence-corrected chi connectivity index (χ3v) is 7.24. The average Bonchev–Trinajstić information content (AvgIpc) is 2.94. The Bertz CT molecular complexity index is 465. The zero-order chi connectivity index (χ0) is 24.4. The van der Waals surface area contributed by atoms with Gasteiger partial charge in [0.2, 0.25) is 0 Å². The molecule has 0 aromatic rings. The van der Waals surface area contributed by atoms with Gasteiger partial charge in [0.1, 0.15) is 0 Å². The van der Waals surface area contributed by atoms with Gasteiger partial charge in [-0.3, -0.25) is 9.80 Å². The van der Waals surface area contributed by atoms with Gasteiger partial charge >= 0.3 is 0 Å². The third-order valence-electron chi connectivity index (χ3n) is 7.24. The summed E-state index contributed by atoms with van der Waals surface area (Å²) in [4.78, 5) is 12.5. The molecule has 0 unspecified atom stereocenters. The minimum Gasteiger partial charge on any atom is -0.305 e. The molecule has 3 aliphatic heterocycles. The molecule has 0 saturated carbocycles. The Kier molecular flexibility index (Phi) is 13.3. The Labute approximate surface area is 202 Å². The van der Waals surface area contributed by atoms with E-state index in [0.717, 1.165) is 6.04 Å². The van der Waals surface area contributed by atoms with Gasteiger partial charge in [-0.05, 0) is 115 Å². The molecule has 0 aliphatic carbocycles. The fraction of sp³-hybridized carbons (Fsp3) is 1.00. The van der Waals surface area contributed by atoms with Gasteiger partial charge in [-0.2, -0.15) is 0 Å². The maximum atomic E-state index is 2.58. The van der Waals surface area contributed by atoms with E-state index in [-0.39, 0.29) is 0 Å². The summed E-state index contributed by atoms with van der Waals surface area (Å²) in [6.07, 6.45) is 5.59. The Hall–Kier alpha value is -0.200. The van der Waals surface area contributed by atoms with Crippen molar-refractivity contribution in [2.45, 2.75) is 98.2 Å². The van der Waals surface area contributed by atoms with E-state index in [0.29, 0.717) is 11.1 Å². The first-order valence-electron chi connectivity index (χ1n) is 13.4. The molecule has 3 saturated heterocycles. The SMILES string of the molecule is CC(C)N1CCCCC1.CN1CCCN(C(C)(C)C)CC1.CN1CCN(C(C)(C)C)CC1. The van der Waals surface area contributed by atoms with E-state index in [1.54, 1.807) is 0 Å². The van der Waals surface area contributed by atoms with Crippen molar-refractivity contribution in [2.75, 3.05) is 79.5 Å². The molecular formula is C27H59N5. The van der Waals surface area contributed by atoms with Crippen LogP contribution in [-0.4, -0.2) is 121 Å². The summed E-state index contributed by atoms with van der Waals surface area (Å²) in [6.45, 7) is 30.8. The molecule has 5 nitrogen and oxygen atoms in total. The summed E-state index contributed by atoms with van der Waals surface area (Å²) in [7, 11) is 4.41. The highest BCUT2D eigenvalue weighted by Crippen LogP contribution is 2.16. The molecule has 0 atom stereocenters. The minimum absolute atomic E-state index is 0.352. The van der Waals surface area contributed by atoms with E-state index in [2.05, 4.69) is 94.0 Å².